The van der Waals surface area contributed by atoms with Crippen LogP contribution in [0, 0.1) is 18.3 Å². The summed E-state index contributed by atoms with van der Waals surface area (Å²) in [6.07, 6.45) is 8.17. The highest BCUT2D eigenvalue weighted by Gasteiger charge is 2.08. The van der Waals surface area contributed by atoms with Gasteiger partial charge in [0.1, 0.15) is 0 Å². The van der Waals surface area contributed by atoms with Gasteiger partial charge in [-0.2, -0.15) is 0 Å². The Hall–Kier alpha value is -0.260. The van der Waals surface area contributed by atoms with Crippen LogP contribution in [0.25, 0.3) is 0 Å². The number of allylic oxidation sites excluding steroid dienone is 2. The van der Waals surface area contributed by atoms with Gasteiger partial charge in [0.15, 0.2) is 0 Å². The summed E-state index contributed by atoms with van der Waals surface area (Å²) in [5.41, 5.74) is 0. The predicted octanol–water partition coefficient (Wildman–Crippen LogP) is 2.42. The van der Waals surface area contributed by atoms with E-state index >= 15 is 0 Å². The second-order valence-corrected chi connectivity index (χ2v) is 2.69. The molecule has 1 radical (unpaired) electrons. The van der Waals surface area contributed by atoms with E-state index in [1.54, 1.807) is 0 Å². The molecule has 0 aromatic rings. The van der Waals surface area contributed by atoms with Crippen LogP contribution in [0.1, 0.15) is 20.3 Å². The first kappa shape index (κ1) is 5.87. The van der Waals surface area contributed by atoms with Gasteiger partial charge in [-0.15, -0.1) is 0 Å². The lowest BCUT2D eigenvalue weighted by Crippen LogP contribution is -2.05. The Labute approximate surface area is 51.6 Å². The molecule has 1 rings (SSSR count). The fourth-order valence-corrected chi connectivity index (χ4v) is 1.17. The van der Waals surface area contributed by atoms with Gasteiger partial charge >= 0.3 is 0 Å². The van der Waals surface area contributed by atoms with Crippen molar-refractivity contribution >= 4 is 0 Å². The molecule has 0 nitrogen and oxygen atoms in total. The first-order valence-electron chi connectivity index (χ1n) is 3.30. The van der Waals surface area contributed by atoms with E-state index in [9.17, 15) is 0 Å². The van der Waals surface area contributed by atoms with Crippen LogP contribution >= 0.6 is 0 Å². The predicted molar refractivity (Wildman–Crippen MR) is 36.4 cm³/mol. The van der Waals surface area contributed by atoms with E-state index in [-0.39, 0.29) is 0 Å². The highest BCUT2D eigenvalue weighted by Crippen LogP contribution is 2.20. The molecule has 0 saturated carbocycles. The number of rotatable bonds is 0. The van der Waals surface area contributed by atoms with Crippen LogP contribution in [0.4, 0.5) is 0 Å². The molecule has 8 heavy (non-hydrogen) atoms. The fourth-order valence-electron chi connectivity index (χ4n) is 1.17. The Balaban J connectivity index is 2.42. The summed E-state index contributed by atoms with van der Waals surface area (Å²) < 4.78 is 0. The molecule has 0 N–H and O–H groups in total. The third-order valence-corrected chi connectivity index (χ3v) is 1.58. The smallest absolute Gasteiger partial charge is 0.0228 e. The van der Waals surface area contributed by atoms with Crippen LogP contribution < -0.4 is 0 Å². The zero-order valence-corrected chi connectivity index (χ0v) is 5.59. The fraction of sp³-hybridized carbons (Fsp3) is 0.625. The molecule has 0 bridgehead atoms. The summed E-state index contributed by atoms with van der Waals surface area (Å²) in [4.78, 5) is 0. The largest absolute Gasteiger partial charge is 0.0880 e. The first-order valence-corrected chi connectivity index (χ1v) is 3.30. The lowest BCUT2D eigenvalue weighted by molar-refractivity contribution is 0.582. The summed E-state index contributed by atoms with van der Waals surface area (Å²) in [6, 6.07) is 0. The second kappa shape index (κ2) is 2.34. The Bertz CT molecular complexity index is 92.2. The molecule has 0 saturated heterocycles. The van der Waals surface area contributed by atoms with E-state index in [1.165, 1.54) is 6.42 Å². The van der Waals surface area contributed by atoms with E-state index in [0.29, 0.717) is 5.92 Å². The minimum atomic E-state index is 0.707. The van der Waals surface area contributed by atoms with E-state index in [4.69, 9.17) is 0 Å². The average Bonchev–Trinajstić information content (AvgIpc) is 1.64. The third-order valence-electron chi connectivity index (χ3n) is 1.58. The van der Waals surface area contributed by atoms with Crippen molar-refractivity contribution in [3.05, 3.63) is 18.6 Å². The molecule has 0 aromatic heterocycles. The lowest BCUT2D eigenvalue weighted by Gasteiger charge is -2.16. The second-order valence-electron chi connectivity index (χ2n) is 2.69. The Morgan fingerprint density at radius 1 is 1.38 bits per heavy atom. The minimum absolute atomic E-state index is 0.707. The van der Waals surface area contributed by atoms with Gasteiger partial charge < -0.3 is 0 Å². The Morgan fingerprint density at radius 2 is 2.12 bits per heavy atom. The Morgan fingerprint density at radius 3 is 2.50 bits per heavy atom. The monoisotopic (exact) mass is 109 g/mol. The molecule has 1 aliphatic rings. The van der Waals surface area contributed by atoms with Crippen molar-refractivity contribution in [1.29, 1.82) is 0 Å². The van der Waals surface area contributed by atoms with Crippen molar-refractivity contribution in [2.24, 2.45) is 11.8 Å². The van der Waals surface area contributed by atoms with Gasteiger partial charge in [-0.05, 0) is 24.7 Å². The lowest BCUT2D eigenvalue weighted by atomic mass is 9.89. The molecule has 0 spiro atoms. The minimum Gasteiger partial charge on any atom is -0.0880 e. The van der Waals surface area contributed by atoms with E-state index in [2.05, 4.69) is 32.4 Å². The molecule has 0 fully saturated rings. The van der Waals surface area contributed by atoms with Gasteiger partial charge in [-0.25, -0.2) is 0 Å². The zero-order chi connectivity index (χ0) is 5.98. The maximum absolute atomic E-state index is 2.39. The molecule has 2 unspecified atom stereocenters. The van der Waals surface area contributed by atoms with E-state index in [0.717, 1.165) is 5.92 Å². The summed E-state index contributed by atoms with van der Waals surface area (Å²) >= 11 is 0. The molecule has 1 aliphatic carbocycles. The van der Waals surface area contributed by atoms with E-state index < -0.39 is 0 Å². The average molecular weight is 109 g/mol. The zero-order valence-electron chi connectivity index (χ0n) is 5.59. The highest BCUT2D eigenvalue weighted by molar-refractivity contribution is 5.01. The van der Waals surface area contributed by atoms with Crippen LogP contribution in [0.3, 0.4) is 0 Å². The molecule has 0 amide bonds. The van der Waals surface area contributed by atoms with Crippen LogP contribution in [0.5, 0.6) is 0 Å². The van der Waals surface area contributed by atoms with Gasteiger partial charge in [0.05, 0.1) is 0 Å². The molecule has 0 heterocycles. The first-order chi connectivity index (χ1) is 3.79. The van der Waals surface area contributed by atoms with Crippen molar-refractivity contribution in [3.63, 3.8) is 0 Å². The van der Waals surface area contributed by atoms with Crippen molar-refractivity contribution in [1.82, 2.24) is 0 Å². The standard InChI is InChI=1S/C8H13/c1-7-4-3-5-8(2)6-7/h3-4,6-8H,5H2,1-2H3. The van der Waals surface area contributed by atoms with Crippen molar-refractivity contribution in [2.45, 2.75) is 20.3 Å². The van der Waals surface area contributed by atoms with Crippen molar-refractivity contribution < 1.29 is 0 Å². The van der Waals surface area contributed by atoms with Gasteiger partial charge in [-0.1, -0.05) is 26.0 Å². The van der Waals surface area contributed by atoms with Gasteiger partial charge in [0.2, 0.25) is 0 Å². The SMILES string of the molecule is CC1[CH]C(C)CC=C1. The topological polar surface area (TPSA) is 0 Å². The quantitative estimate of drug-likeness (QED) is 0.419. The van der Waals surface area contributed by atoms with Gasteiger partial charge in [-0.3, -0.25) is 0 Å². The maximum atomic E-state index is 2.39. The summed E-state index contributed by atoms with van der Waals surface area (Å²) in [5.74, 6) is 1.51. The molecule has 45 valence electrons. The van der Waals surface area contributed by atoms with Crippen molar-refractivity contribution in [3.8, 4) is 0 Å². The van der Waals surface area contributed by atoms with Crippen LogP contribution in [0.15, 0.2) is 12.2 Å². The molecular weight excluding hydrogens is 96.1 g/mol. The summed E-state index contributed by atoms with van der Waals surface area (Å²) in [7, 11) is 0. The van der Waals surface area contributed by atoms with E-state index in [1.807, 2.05) is 0 Å². The number of hydrogen-bond donors (Lipinski definition) is 0. The molecule has 0 heteroatoms. The van der Waals surface area contributed by atoms with Crippen LogP contribution in [0.2, 0.25) is 0 Å². The normalized spacial score (nSPS) is 37.8. The molecule has 0 aromatic carbocycles. The highest BCUT2D eigenvalue weighted by atomic mass is 14.1. The molecular formula is C8H13. The summed E-state index contributed by atoms with van der Waals surface area (Å²) in [5, 5.41) is 0. The Kier molecular flexibility index (Phi) is 1.72. The van der Waals surface area contributed by atoms with Gasteiger partial charge in [0.25, 0.3) is 0 Å². The van der Waals surface area contributed by atoms with Crippen molar-refractivity contribution in [2.75, 3.05) is 0 Å². The molecule has 2 atom stereocenters. The van der Waals surface area contributed by atoms with Crippen LogP contribution in [-0.4, -0.2) is 0 Å². The summed E-state index contributed by atoms with van der Waals surface area (Å²) in [6.45, 7) is 4.49. The molecule has 0 aliphatic heterocycles. The third kappa shape index (κ3) is 1.36. The number of hydrogen-bond acceptors (Lipinski definition) is 0. The van der Waals surface area contributed by atoms with Crippen LogP contribution in [-0.2, 0) is 0 Å². The van der Waals surface area contributed by atoms with Gasteiger partial charge in [0, 0.05) is 0 Å². The maximum Gasteiger partial charge on any atom is -0.0228 e.